The Morgan fingerprint density at radius 2 is 2.00 bits per heavy atom. The molecule has 1 saturated heterocycles. The zero-order valence-corrected chi connectivity index (χ0v) is 10.0. The van der Waals surface area contributed by atoms with Gasteiger partial charge in [0.15, 0.2) is 0 Å². The number of nitrogens with one attached hydrogen (secondary N) is 1. The second-order valence-electron chi connectivity index (χ2n) is 6.10. The van der Waals surface area contributed by atoms with Crippen LogP contribution >= 0.6 is 0 Å². The minimum Gasteiger partial charge on any atom is -0.341 e. The molecular weight excluding hydrogens is 188 g/mol. The van der Waals surface area contributed by atoms with E-state index in [1.807, 2.05) is 4.90 Å². The Hall–Kier alpha value is -0.570. The van der Waals surface area contributed by atoms with E-state index in [-0.39, 0.29) is 11.5 Å². The number of amides is 1. The molecule has 0 aromatic rings. The van der Waals surface area contributed by atoms with Gasteiger partial charge in [0.1, 0.15) is 0 Å². The lowest BCUT2D eigenvalue weighted by Crippen LogP contribution is -2.41. The number of carbonyl (C=O) groups excluding carboxylic acids is 1. The smallest absolute Gasteiger partial charge is 0.239 e. The van der Waals surface area contributed by atoms with Crippen molar-refractivity contribution in [2.75, 3.05) is 13.1 Å². The van der Waals surface area contributed by atoms with Crippen LogP contribution < -0.4 is 5.32 Å². The van der Waals surface area contributed by atoms with Crippen molar-refractivity contribution in [3.8, 4) is 0 Å². The van der Waals surface area contributed by atoms with E-state index in [9.17, 15) is 4.79 Å². The van der Waals surface area contributed by atoms with Crippen molar-refractivity contribution in [1.29, 1.82) is 0 Å². The van der Waals surface area contributed by atoms with E-state index in [1.54, 1.807) is 0 Å². The molecule has 86 valence electrons. The van der Waals surface area contributed by atoms with Crippen molar-refractivity contribution < 1.29 is 4.79 Å². The molecule has 0 aromatic carbocycles. The van der Waals surface area contributed by atoms with Gasteiger partial charge < -0.3 is 10.2 Å². The third kappa shape index (κ3) is 2.94. The van der Waals surface area contributed by atoms with E-state index >= 15 is 0 Å². The summed E-state index contributed by atoms with van der Waals surface area (Å²) in [7, 11) is 0. The van der Waals surface area contributed by atoms with Gasteiger partial charge in [-0.3, -0.25) is 4.79 Å². The Kier molecular flexibility index (Phi) is 2.75. The van der Waals surface area contributed by atoms with Crippen LogP contribution in [-0.2, 0) is 4.79 Å². The summed E-state index contributed by atoms with van der Waals surface area (Å²) in [6.07, 6.45) is 3.50. The van der Waals surface area contributed by atoms with Gasteiger partial charge in [-0.1, -0.05) is 20.8 Å². The molecule has 1 unspecified atom stereocenters. The summed E-state index contributed by atoms with van der Waals surface area (Å²) < 4.78 is 0. The number of hydrogen-bond acceptors (Lipinski definition) is 2. The third-order valence-electron chi connectivity index (χ3n) is 2.98. The molecule has 3 heteroatoms. The van der Waals surface area contributed by atoms with Crippen LogP contribution in [0.5, 0.6) is 0 Å². The monoisotopic (exact) mass is 210 g/mol. The third-order valence-corrected chi connectivity index (χ3v) is 2.98. The van der Waals surface area contributed by atoms with E-state index in [4.69, 9.17) is 0 Å². The lowest BCUT2D eigenvalue weighted by Gasteiger charge is -2.26. The van der Waals surface area contributed by atoms with Gasteiger partial charge in [-0.25, -0.2) is 0 Å². The molecule has 0 aromatic heterocycles. The van der Waals surface area contributed by atoms with Gasteiger partial charge in [0.25, 0.3) is 0 Å². The lowest BCUT2D eigenvalue weighted by atomic mass is 9.96. The Balaban J connectivity index is 1.85. The highest BCUT2D eigenvalue weighted by Crippen LogP contribution is 2.24. The second-order valence-corrected chi connectivity index (χ2v) is 6.10. The predicted octanol–water partition coefficient (Wildman–Crippen LogP) is 1.39. The van der Waals surface area contributed by atoms with Crippen LogP contribution in [0.1, 0.15) is 40.0 Å². The van der Waals surface area contributed by atoms with Crippen LogP contribution in [-0.4, -0.2) is 36.0 Å². The standard InChI is InChI=1S/C12H22N2O/c1-12(2,3)8-14-7-6-10(11(14)15)13-9-4-5-9/h9-10,13H,4-8H2,1-3H3. The Morgan fingerprint density at radius 1 is 1.33 bits per heavy atom. The lowest BCUT2D eigenvalue weighted by molar-refractivity contribution is -0.130. The van der Waals surface area contributed by atoms with Crippen LogP contribution in [0.15, 0.2) is 0 Å². The molecule has 1 aliphatic carbocycles. The van der Waals surface area contributed by atoms with Crippen LogP contribution in [0.4, 0.5) is 0 Å². The molecule has 1 atom stereocenters. The molecule has 0 radical (unpaired) electrons. The Bertz CT molecular complexity index is 253. The summed E-state index contributed by atoms with van der Waals surface area (Å²) in [5.41, 5.74) is 0.212. The molecule has 2 fully saturated rings. The van der Waals surface area contributed by atoms with Crippen molar-refractivity contribution >= 4 is 5.91 Å². The topological polar surface area (TPSA) is 32.3 Å². The zero-order chi connectivity index (χ0) is 11.1. The van der Waals surface area contributed by atoms with Gasteiger partial charge in [0.05, 0.1) is 6.04 Å². The highest BCUT2D eigenvalue weighted by molar-refractivity contribution is 5.84. The molecule has 1 amide bonds. The highest BCUT2D eigenvalue weighted by atomic mass is 16.2. The second kappa shape index (κ2) is 3.78. The molecule has 2 aliphatic rings. The van der Waals surface area contributed by atoms with E-state index in [0.717, 1.165) is 19.5 Å². The molecule has 0 spiro atoms. The van der Waals surface area contributed by atoms with Gasteiger partial charge in [0.2, 0.25) is 5.91 Å². The largest absolute Gasteiger partial charge is 0.341 e. The van der Waals surface area contributed by atoms with Crippen molar-refractivity contribution in [3.63, 3.8) is 0 Å². The first-order valence-electron chi connectivity index (χ1n) is 6.00. The quantitative estimate of drug-likeness (QED) is 0.763. The first-order chi connectivity index (χ1) is 6.96. The Labute approximate surface area is 92.2 Å². The average Bonchev–Trinajstić information content (AvgIpc) is 2.84. The van der Waals surface area contributed by atoms with E-state index < -0.39 is 0 Å². The van der Waals surface area contributed by atoms with E-state index in [1.165, 1.54) is 12.8 Å². The van der Waals surface area contributed by atoms with Crippen molar-refractivity contribution in [3.05, 3.63) is 0 Å². The number of nitrogens with zero attached hydrogens (tertiary/aromatic N) is 1. The van der Waals surface area contributed by atoms with Crippen molar-refractivity contribution in [2.45, 2.75) is 52.1 Å². The number of hydrogen-bond donors (Lipinski definition) is 1. The SMILES string of the molecule is CC(C)(C)CN1CCC(NC2CC2)C1=O. The summed E-state index contributed by atoms with van der Waals surface area (Å²) in [5, 5.41) is 3.43. The maximum absolute atomic E-state index is 12.0. The fourth-order valence-electron chi connectivity index (χ4n) is 2.16. The summed E-state index contributed by atoms with van der Waals surface area (Å²) in [6, 6.07) is 0.744. The van der Waals surface area contributed by atoms with Gasteiger partial charge in [-0.15, -0.1) is 0 Å². The maximum Gasteiger partial charge on any atom is 0.239 e. The molecule has 3 nitrogen and oxygen atoms in total. The van der Waals surface area contributed by atoms with Gasteiger partial charge in [0, 0.05) is 19.1 Å². The molecule has 1 aliphatic heterocycles. The highest BCUT2D eigenvalue weighted by Gasteiger charge is 2.36. The maximum atomic E-state index is 12.0. The Morgan fingerprint density at radius 3 is 2.53 bits per heavy atom. The van der Waals surface area contributed by atoms with Gasteiger partial charge >= 0.3 is 0 Å². The summed E-state index contributed by atoms with van der Waals surface area (Å²) in [6.45, 7) is 8.36. The van der Waals surface area contributed by atoms with Gasteiger partial charge in [-0.05, 0) is 24.7 Å². The molecule has 1 heterocycles. The number of rotatable bonds is 3. The van der Waals surface area contributed by atoms with Crippen LogP contribution in [0, 0.1) is 5.41 Å². The van der Waals surface area contributed by atoms with Gasteiger partial charge in [-0.2, -0.15) is 0 Å². The zero-order valence-electron chi connectivity index (χ0n) is 10.0. The number of likely N-dealkylation sites (tertiary alicyclic amines) is 1. The van der Waals surface area contributed by atoms with Crippen molar-refractivity contribution in [1.82, 2.24) is 10.2 Å². The van der Waals surface area contributed by atoms with E-state index in [2.05, 4.69) is 26.1 Å². The molecule has 2 rings (SSSR count). The fraction of sp³-hybridized carbons (Fsp3) is 0.917. The average molecular weight is 210 g/mol. The molecule has 1 saturated carbocycles. The van der Waals surface area contributed by atoms with Crippen LogP contribution in [0.3, 0.4) is 0 Å². The minimum absolute atomic E-state index is 0.111. The fourth-order valence-corrected chi connectivity index (χ4v) is 2.16. The minimum atomic E-state index is 0.111. The molecular formula is C12H22N2O. The van der Waals surface area contributed by atoms with Crippen LogP contribution in [0.2, 0.25) is 0 Å². The molecule has 1 N–H and O–H groups in total. The first kappa shape index (κ1) is 10.9. The normalized spacial score (nSPS) is 27.5. The number of carbonyl (C=O) groups is 1. The van der Waals surface area contributed by atoms with Crippen LogP contribution in [0.25, 0.3) is 0 Å². The van der Waals surface area contributed by atoms with Crippen molar-refractivity contribution in [2.24, 2.45) is 5.41 Å². The molecule has 15 heavy (non-hydrogen) atoms. The predicted molar refractivity (Wildman–Crippen MR) is 60.6 cm³/mol. The summed E-state index contributed by atoms with van der Waals surface area (Å²) in [4.78, 5) is 14.0. The summed E-state index contributed by atoms with van der Waals surface area (Å²) >= 11 is 0. The summed E-state index contributed by atoms with van der Waals surface area (Å²) in [5.74, 6) is 0.317. The molecule has 0 bridgehead atoms. The van der Waals surface area contributed by atoms with E-state index in [0.29, 0.717) is 11.9 Å². The first-order valence-corrected chi connectivity index (χ1v) is 6.00.